The van der Waals surface area contributed by atoms with Crippen LogP contribution >= 0.6 is 0 Å². The average molecular weight is 378 g/mol. The molecule has 0 saturated carbocycles. The summed E-state index contributed by atoms with van der Waals surface area (Å²) in [5.41, 5.74) is 0. The van der Waals surface area contributed by atoms with E-state index < -0.39 is 43.4 Å². The van der Waals surface area contributed by atoms with Gasteiger partial charge in [0.1, 0.15) is 17.5 Å². The maximum absolute atomic E-state index is 11.3. The summed E-state index contributed by atoms with van der Waals surface area (Å²) in [5.74, 6) is 0.0834. The summed E-state index contributed by atoms with van der Waals surface area (Å²) in [5, 5.41) is 0.192. The van der Waals surface area contributed by atoms with Crippen LogP contribution in [0, 0.1) is 0 Å². The second kappa shape index (κ2) is 6.03. The first-order valence-corrected chi connectivity index (χ1v) is 9.81. The number of nitrogens with zero attached hydrogens (tertiary/aromatic N) is 1. The SMILES string of the molecule is CC(=O)N[C@@H]1C(=O)N(S(=O)(=O)O)[C@@H]1S(C)(=O)=O.c1cc2cc(c1)O2. The van der Waals surface area contributed by atoms with Gasteiger partial charge in [0, 0.05) is 19.2 Å². The quantitative estimate of drug-likeness (QED) is 0.526. The molecule has 0 spiro atoms. The number of fused-ring (bicyclic) bond motifs is 2. The van der Waals surface area contributed by atoms with Gasteiger partial charge in [0.2, 0.25) is 5.91 Å². The smallest absolute Gasteiger partial charge is 0.363 e. The van der Waals surface area contributed by atoms with Gasteiger partial charge in [-0.15, -0.1) is 0 Å². The van der Waals surface area contributed by atoms with Crippen LogP contribution in [-0.2, 0) is 29.7 Å². The third-order valence-electron chi connectivity index (χ3n) is 3.09. The molecule has 4 rings (SSSR count). The number of hydrogen-bond donors (Lipinski definition) is 2. The first-order chi connectivity index (χ1) is 10.9. The molecule has 3 aliphatic heterocycles. The van der Waals surface area contributed by atoms with Gasteiger partial charge in [-0.25, -0.2) is 8.42 Å². The first-order valence-electron chi connectivity index (χ1n) is 6.46. The Morgan fingerprint density at radius 1 is 1.25 bits per heavy atom. The Morgan fingerprint density at radius 2 is 1.75 bits per heavy atom. The summed E-state index contributed by atoms with van der Waals surface area (Å²) in [7, 11) is -8.94. The zero-order valence-electron chi connectivity index (χ0n) is 12.5. The average Bonchev–Trinajstić information content (AvgIpc) is 2.39. The van der Waals surface area contributed by atoms with E-state index >= 15 is 0 Å². The minimum atomic E-state index is -4.96. The van der Waals surface area contributed by atoms with Gasteiger partial charge in [0.25, 0.3) is 5.91 Å². The van der Waals surface area contributed by atoms with Crippen LogP contribution in [0.2, 0.25) is 0 Å². The second-order valence-corrected chi connectivity index (χ2v) is 8.52. The van der Waals surface area contributed by atoms with Crippen molar-refractivity contribution in [2.24, 2.45) is 0 Å². The molecule has 2 bridgehead atoms. The van der Waals surface area contributed by atoms with Gasteiger partial charge >= 0.3 is 10.3 Å². The van der Waals surface area contributed by atoms with Crippen molar-refractivity contribution in [2.45, 2.75) is 18.3 Å². The van der Waals surface area contributed by atoms with Gasteiger partial charge < -0.3 is 10.1 Å². The highest BCUT2D eigenvalue weighted by Gasteiger charge is 2.58. The summed E-state index contributed by atoms with van der Waals surface area (Å²) in [4.78, 5) is 22.0. The van der Waals surface area contributed by atoms with Gasteiger partial charge in [-0.2, -0.15) is 12.7 Å². The molecule has 132 valence electrons. The van der Waals surface area contributed by atoms with Crippen LogP contribution in [0.1, 0.15) is 6.92 Å². The number of ether oxygens (including phenoxy) is 1. The Kier molecular flexibility index (Phi) is 4.57. The number of carbonyl (C=O) groups excluding carboxylic acids is 2. The number of rotatable bonds is 3. The zero-order chi connectivity index (χ0) is 18.3. The highest BCUT2D eigenvalue weighted by molar-refractivity contribution is 7.93. The van der Waals surface area contributed by atoms with E-state index in [0.29, 0.717) is 6.26 Å². The molecule has 1 fully saturated rings. The summed E-state index contributed by atoms with van der Waals surface area (Å²) in [6.45, 7) is 1.04. The maximum Gasteiger partial charge on any atom is 0.363 e. The molecular formula is C12H14N2O8S2. The van der Waals surface area contributed by atoms with Crippen LogP contribution in [-0.4, -0.2) is 55.2 Å². The standard InChI is InChI=1S/C6H10N2O7S2.C6H4O/c1-3(9)7-4-5(10)8(17(13,14)15)6(4)16(2,11)12;1-2-5-4-6(3-1)7-5/h4,6H,1-2H3,(H,7,9)(H,13,14,15);1-4H/t4-,6-;/m1./s1. The molecule has 0 aliphatic carbocycles. The largest absolute Gasteiger partial charge is 0.457 e. The second-order valence-electron chi connectivity index (χ2n) is 5.09. The highest BCUT2D eigenvalue weighted by Crippen LogP contribution is 2.33. The third kappa shape index (κ3) is 3.66. The fourth-order valence-corrected chi connectivity index (χ4v) is 4.79. The molecule has 10 nitrogen and oxygen atoms in total. The van der Waals surface area contributed by atoms with Crippen LogP contribution in [0.15, 0.2) is 24.3 Å². The molecule has 2 N–H and O–H groups in total. The van der Waals surface area contributed by atoms with Crippen molar-refractivity contribution < 1.29 is 35.7 Å². The molecule has 24 heavy (non-hydrogen) atoms. The number of sulfone groups is 1. The molecule has 1 aromatic carbocycles. The Bertz CT molecular complexity index is 869. The van der Waals surface area contributed by atoms with E-state index in [1.54, 1.807) is 0 Å². The zero-order valence-corrected chi connectivity index (χ0v) is 14.2. The van der Waals surface area contributed by atoms with Crippen molar-refractivity contribution in [3.05, 3.63) is 24.3 Å². The van der Waals surface area contributed by atoms with Crippen LogP contribution in [0.3, 0.4) is 0 Å². The van der Waals surface area contributed by atoms with Crippen molar-refractivity contribution in [1.82, 2.24) is 9.62 Å². The summed E-state index contributed by atoms with van der Waals surface area (Å²) >= 11 is 0. The van der Waals surface area contributed by atoms with E-state index in [2.05, 4.69) is 0 Å². The number of hydrogen-bond acceptors (Lipinski definition) is 7. The Morgan fingerprint density at radius 3 is 2.00 bits per heavy atom. The van der Waals surface area contributed by atoms with Gasteiger partial charge in [-0.3, -0.25) is 14.1 Å². The summed E-state index contributed by atoms with van der Waals surface area (Å²) < 4.78 is 57.7. The minimum Gasteiger partial charge on any atom is -0.457 e. The number of benzene rings is 1. The van der Waals surface area contributed by atoms with Gasteiger partial charge in [0.05, 0.1) is 0 Å². The van der Waals surface area contributed by atoms with Crippen molar-refractivity contribution >= 4 is 32.0 Å². The molecular weight excluding hydrogens is 364 g/mol. The lowest BCUT2D eigenvalue weighted by Gasteiger charge is -2.42. The predicted molar refractivity (Wildman–Crippen MR) is 81.1 cm³/mol. The minimum absolute atomic E-state index is 0.178. The molecule has 1 aromatic rings. The highest BCUT2D eigenvalue weighted by atomic mass is 32.2. The first kappa shape index (κ1) is 18.2. The Balaban J connectivity index is 0.000000242. The van der Waals surface area contributed by atoms with E-state index in [4.69, 9.17) is 9.29 Å². The molecule has 0 radical (unpaired) electrons. The predicted octanol–water partition coefficient (Wildman–Crippen LogP) is -0.701. The fraction of sp³-hybridized carbons (Fsp3) is 0.333. The summed E-state index contributed by atoms with van der Waals surface area (Å²) in [6.07, 6.45) is 0.692. The Hall–Kier alpha value is -2.18. The normalized spacial score (nSPS) is 21.5. The lowest BCUT2D eigenvalue weighted by atomic mass is 10.1. The molecule has 12 heteroatoms. The molecule has 2 atom stereocenters. The fourth-order valence-electron chi connectivity index (χ4n) is 2.14. The van der Waals surface area contributed by atoms with E-state index in [1.807, 2.05) is 29.6 Å². The maximum atomic E-state index is 11.3. The van der Waals surface area contributed by atoms with E-state index in [9.17, 15) is 26.4 Å². The van der Waals surface area contributed by atoms with E-state index in [-0.39, 0.29) is 4.31 Å². The van der Waals surface area contributed by atoms with Crippen molar-refractivity contribution in [2.75, 3.05) is 6.26 Å². The molecule has 3 aliphatic rings. The third-order valence-corrected chi connectivity index (χ3v) is 5.48. The molecule has 2 amide bonds. The molecule has 1 saturated heterocycles. The van der Waals surface area contributed by atoms with Crippen molar-refractivity contribution in [3.63, 3.8) is 0 Å². The van der Waals surface area contributed by atoms with Crippen LogP contribution in [0.5, 0.6) is 11.5 Å². The van der Waals surface area contributed by atoms with Crippen molar-refractivity contribution in [3.8, 4) is 11.5 Å². The van der Waals surface area contributed by atoms with Crippen LogP contribution in [0.25, 0.3) is 0 Å². The monoisotopic (exact) mass is 378 g/mol. The molecule has 0 aromatic heterocycles. The van der Waals surface area contributed by atoms with E-state index in [0.717, 1.165) is 18.4 Å². The Labute approximate surface area is 138 Å². The summed E-state index contributed by atoms with van der Waals surface area (Å²) in [6, 6.07) is 6.36. The van der Waals surface area contributed by atoms with Gasteiger partial charge in [-0.05, 0) is 12.1 Å². The van der Waals surface area contributed by atoms with Crippen LogP contribution < -0.4 is 10.1 Å². The number of amides is 2. The van der Waals surface area contributed by atoms with E-state index in [1.165, 1.54) is 0 Å². The number of carbonyl (C=O) groups is 2. The topological polar surface area (TPSA) is 147 Å². The molecule has 3 heterocycles. The number of nitrogens with one attached hydrogen (secondary N) is 1. The van der Waals surface area contributed by atoms with Crippen molar-refractivity contribution in [1.29, 1.82) is 0 Å². The van der Waals surface area contributed by atoms with Gasteiger partial charge in [-0.1, -0.05) is 6.07 Å². The van der Waals surface area contributed by atoms with Gasteiger partial charge in [0.15, 0.2) is 15.2 Å². The lowest BCUT2D eigenvalue weighted by Crippen LogP contribution is -2.73. The lowest BCUT2D eigenvalue weighted by molar-refractivity contribution is -0.142. The van der Waals surface area contributed by atoms with Crippen LogP contribution in [0.4, 0.5) is 0 Å². The number of β-lactam (4-membered cyclic amide) rings is 1. The molecule has 0 unspecified atom stereocenters.